The van der Waals surface area contributed by atoms with Gasteiger partial charge in [0.15, 0.2) is 0 Å². The van der Waals surface area contributed by atoms with Crippen LogP contribution in [0.5, 0.6) is 0 Å². The van der Waals surface area contributed by atoms with Crippen molar-refractivity contribution in [2.75, 3.05) is 12.8 Å². The predicted octanol–water partition coefficient (Wildman–Crippen LogP) is 0.220. The average molecular weight is 269 g/mol. The van der Waals surface area contributed by atoms with E-state index in [1.165, 1.54) is 14.0 Å². The molecule has 0 fully saturated rings. The van der Waals surface area contributed by atoms with Crippen molar-refractivity contribution in [1.29, 1.82) is 0 Å². The number of amides is 3. The van der Waals surface area contributed by atoms with E-state index in [9.17, 15) is 13.8 Å². The Balaban J connectivity index is 2.82. The largest absolute Gasteiger partial charge is 0.398 e. The summed E-state index contributed by atoms with van der Waals surface area (Å²) in [6, 6.07) is 5.97. The van der Waals surface area contributed by atoms with Crippen molar-refractivity contribution in [3.05, 3.63) is 24.3 Å². The van der Waals surface area contributed by atoms with E-state index in [2.05, 4.69) is 10.6 Å². The first-order valence-electron chi connectivity index (χ1n) is 5.25. The van der Waals surface area contributed by atoms with Crippen molar-refractivity contribution in [3.63, 3.8) is 0 Å². The van der Waals surface area contributed by atoms with Crippen molar-refractivity contribution in [3.8, 4) is 0 Å². The molecule has 4 N–H and O–H groups in total. The van der Waals surface area contributed by atoms with Gasteiger partial charge in [-0.15, -0.1) is 0 Å². The summed E-state index contributed by atoms with van der Waals surface area (Å²) in [5.41, 5.74) is 6.04. The Bertz CT molecular complexity index is 490. The van der Waals surface area contributed by atoms with Gasteiger partial charge < -0.3 is 11.1 Å². The number of anilines is 1. The van der Waals surface area contributed by atoms with Crippen molar-refractivity contribution in [1.82, 2.24) is 10.6 Å². The molecule has 0 aliphatic carbocycles. The summed E-state index contributed by atoms with van der Waals surface area (Å²) in [6.45, 7) is 1.47. The van der Waals surface area contributed by atoms with Gasteiger partial charge in [0, 0.05) is 12.7 Å². The number of carbonyl (C=O) groups excluding carboxylic acids is 2. The third kappa shape index (κ3) is 3.30. The lowest BCUT2D eigenvalue weighted by Crippen LogP contribution is -2.43. The summed E-state index contributed by atoms with van der Waals surface area (Å²) in [5, 5.41) is 3.45. The van der Waals surface area contributed by atoms with Crippen molar-refractivity contribution in [2.45, 2.75) is 17.1 Å². The van der Waals surface area contributed by atoms with E-state index in [-0.39, 0.29) is 0 Å². The standard InChI is InChI=1S/C11H15N3O3S/c1-7(10(15)14-11(16)13-2)18(17)9-6-4-3-5-8(9)12/h3-7H,12H2,1-2H3,(H2,13,14,15,16). The van der Waals surface area contributed by atoms with Crippen molar-refractivity contribution < 1.29 is 13.8 Å². The molecule has 0 aromatic heterocycles. The van der Waals surface area contributed by atoms with E-state index >= 15 is 0 Å². The fraction of sp³-hybridized carbons (Fsp3) is 0.273. The highest BCUT2D eigenvalue weighted by molar-refractivity contribution is 7.86. The van der Waals surface area contributed by atoms with Gasteiger partial charge in [-0.05, 0) is 19.1 Å². The summed E-state index contributed by atoms with van der Waals surface area (Å²) >= 11 is 0. The van der Waals surface area contributed by atoms with E-state index in [1.54, 1.807) is 24.3 Å². The molecule has 1 aromatic rings. The molecule has 7 heteroatoms. The van der Waals surface area contributed by atoms with E-state index in [1.807, 2.05) is 0 Å². The number of carbonyl (C=O) groups is 2. The van der Waals surface area contributed by atoms with E-state index in [4.69, 9.17) is 5.73 Å². The zero-order valence-corrected chi connectivity index (χ0v) is 10.9. The second-order valence-corrected chi connectivity index (χ2v) is 5.29. The van der Waals surface area contributed by atoms with Gasteiger partial charge in [-0.25, -0.2) is 4.79 Å². The lowest BCUT2D eigenvalue weighted by atomic mass is 10.3. The molecule has 0 radical (unpaired) electrons. The monoisotopic (exact) mass is 269 g/mol. The molecule has 3 amide bonds. The smallest absolute Gasteiger partial charge is 0.321 e. The number of nitrogens with one attached hydrogen (secondary N) is 2. The summed E-state index contributed by atoms with van der Waals surface area (Å²) in [5.74, 6) is -0.615. The highest BCUT2D eigenvalue weighted by Gasteiger charge is 2.23. The molecule has 0 aliphatic heterocycles. The summed E-state index contributed by atoms with van der Waals surface area (Å²) in [6.07, 6.45) is 0. The predicted molar refractivity (Wildman–Crippen MR) is 69.3 cm³/mol. The SMILES string of the molecule is CNC(=O)NC(=O)C(C)S(=O)c1ccccc1N. The normalized spacial score (nSPS) is 13.4. The van der Waals surface area contributed by atoms with Crippen LogP contribution in [0.4, 0.5) is 10.5 Å². The molecule has 0 saturated heterocycles. The molecule has 98 valence electrons. The minimum atomic E-state index is -1.61. The average Bonchev–Trinajstić information content (AvgIpc) is 2.37. The molecule has 1 aromatic carbocycles. The quantitative estimate of drug-likeness (QED) is 0.683. The van der Waals surface area contributed by atoms with Crippen LogP contribution in [0.2, 0.25) is 0 Å². The molecule has 2 unspecified atom stereocenters. The van der Waals surface area contributed by atoms with Crippen molar-refractivity contribution in [2.24, 2.45) is 0 Å². The molecular formula is C11H15N3O3S. The number of hydrogen-bond donors (Lipinski definition) is 3. The molecule has 18 heavy (non-hydrogen) atoms. The Labute approximate surface area is 107 Å². The maximum atomic E-state index is 12.1. The fourth-order valence-electron chi connectivity index (χ4n) is 1.23. The number of nitrogens with two attached hydrogens (primary N) is 1. The number of para-hydroxylation sites is 1. The van der Waals surface area contributed by atoms with Gasteiger partial charge in [-0.1, -0.05) is 12.1 Å². The molecule has 0 bridgehead atoms. The van der Waals surface area contributed by atoms with Crippen LogP contribution in [0.1, 0.15) is 6.92 Å². The fourth-order valence-corrected chi connectivity index (χ4v) is 2.37. The lowest BCUT2D eigenvalue weighted by Gasteiger charge is -2.12. The molecule has 0 spiro atoms. The molecular weight excluding hydrogens is 254 g/mol. The van der Waals surface area contributed by atoms with E-state index in [0.717, 1.165) is 0 Å². The highest BCUT2D eigenvalue weighted by atomic mass is 32.2. The maximum absolute atomic E-state index is 12.1. The topological polar surface area (TPSA) is 101 Å². The van der Waals surface area contributed by atoms with Gasteiger partial charge in [0.25, 0.3) is 0 Å². The maximum Gasteiger partial charge on any atom is 0.321 e. The first-order chi connectivity index (χ1) is 8.47. The summed E-state index contributed by atoms with van der Waals surface area (Å²) in [7, 11) is -0.217. The number of nitrogen functional groups attached to an aromatic ring is 1. The molecule has 1 rings (SSSR count). The number of imide groups is 1. The summed E-state index contributed by atoms with van der Waals surface area (Å²) in [4.78, 5) is 23.0. The lowest BCUT2D eigenvalue weighted by molar-refractivity contribution is -0.119. The molecule has 2 atom stereocenters. The van der Waals surface area contributed by atoms with Crippen LogP contribution >= 0.6 is 0 Å². The van der Waals surface area contributed by atoms with Gasteiger partial charge in [0.05, 0.1) is 15.7 Å². The number of urea groups is 1. The van der Waals surface area contributed by atoms with Gasteiger partial charge in [0.1, 0.15) is 5.25 Å². The van der Waals surface area contributed by atoms with Gasteiger partial charge in [0.2, 0.25) is 5.91 Å². The minimum Gasteiger partial charge on any atom is -0.398 e. The number of rotatable bonds is 3. The van der Waals surface area contributed by atoms with E-state index in [0.29, 0.717) is 10.6 Å². The molecule has 0 aliphatic rings. The van der Waals surface area contributed by atoms with Crippen LogP contribution in [-0.2, 0) is 15.6 Å². The summed E-state index contributed by atoms with van der Waals surface area (Å²) < 4.78 is 12.1. The number of hydrogen-bond acceptors (Lipinski definition) is 4. The number of benzene rings is 1. The first-order valence-corrected chi connectivity index (χ1v) is 6.46. The zero-order valence-electron chi connectivity index (χ0n) is 10.1. The molecule has 6 nitrogen and oxygen atoms in total. The Hall–Kier alpha value is -1.89. The first kappa shape index (κ1) is 14.2. The van der Waals surface area contributed by atoms with Crippen LogP contribution in [0.3, 0.4) is 0 Å². The van der Waals surface area contributed by atoms with Crippen LogP contribution in [-0.4, -0.2) is 28.4 Å². The van der Waals surface area contributed by atoms with Gasteiger partial charge >= 0.3 is 6.03 Å². The van der Waals surface area contributed by atoms with Gasteiger partial charge in [-0.3, -0.25) is 14.3 Å². The van der Waals surface area contributed by atoms with Crippen molar-refractivity contribution >= 4 is 28.4 Å². The van der Waals surface area contributed by atoms with Crippen LogP contribution < -0.4 is 16.4 Å². The highest BCUT2D eigenvalue weighted by Crippen LogP contribution is 2.18. The second kappa shape index (κ2) is 6.15. The van der Waals surface area contributed by atoms with Crippen LogP contribution in [0.15, 0.2) is 29.2 Å². The zero-order chi connectivity index (χ0) is 13.7. The Morgan fingerprint density at radius 3 is 2.50 bits per heavy atom. The third-order valence-electron chi connectivity index (χ3n) is 2.29. The minimum absolute atomic E-state index is 0.357. The molecule has 0 heterocycles. The Morgan fingerprint density at radius 1 is 1.33 bits per heavy atom. The van der Waals surface area contributed by atoms with Crippen LogP contribution in [0, 0.1) is 0 Å². The third-order valence-corrected chi connectivity index (χ3v) is 3.95. The van der Waals surface area contributed by atoms with Gasteiger partial charge in [-0.2, -0.15) is 0 Å². The Kier molecular flexibility index (Phi) is 4.85. The Morgan fingerprint density at radius 2 is 1.94 bits per heavy atom. The van der Waals surface area contributed by atoms with Crippen LogP contribution in [0.25, 0.3) is 0 Å². The molecule has 0 saturated carbocycles. The second-order valence-electron chi connectivity index (χ2n) is 3.55. The van der Waals surface area contributed by atoms with E-state index < -0.39 is 28.0 Å².